The smallest absolute Gasteiger partial charge is 0.328 e. The maximum absolute atomic E-state index is 11.9. The lowest BCUT2D eigenvalue weighted by Gasteiger charge is -2.13. The molecule has 0 bridgehead atoms. The molecule has 1 atom stereocenters. The molecule has 0 aromatic heterocycles. The SMILES string of the molecule is CCOC(=O)C1CC(/C=N\I)=C(NCCc2ccccc2)N1. The zero-order valence-corrected chi connectivity index (χ0v) is 14.7. The average Bonchev–Trinajstić information content (AvgIpc) is 2.92. The van der Waals surface area contributed by atoms with Gasteiger partial charge in [0.1, 0.15) is 11.9 Å². The Bertz CT molecular complexity index is 558. The molecule has 6 heteroatoms. The number of carbonyl (C=O) groups is 1. The van der Waals surface area contributed by atoms with E-state index in [0.29, 0.717) is 13.0 Å². The van der Waals surface area contributed by atoms with Gasteiger partial charge >= 0.3 is 5.97 Å². The van der Waals surface area contributed by atoms with Gasteiger partial charge in [0, 0.05) is 24.8 Å². The molecule has 0 saturated carbocycles. The van der Waals surface area contributed by atoms with Gasteiger partial charge in [0.15, 0.2) is 0 Å². The zero-order valence-electron chi connectivity index (χ0n) is 12.5. The number of hydrogen-bond donors (Lipinski definition) is 2. The minimum absolute atomic E-state index is 0.221. The fraction of sp³-hybridized carbons (Fsp3) is 0.375. The van der Waals surface area contributed by atoms with Crippen molar-refractivity contribution >= 4 is 35.0 Å². The summed E-state index contributed by atoms with van der Waals surface area (Å²) in [7, 11) is 0. The van der Waals surface area contributed by atoms with Gasteiger partial charge in [-0.15, -0.1) is 0 Å². The summed E-state index contributed by atoms with van der Waals surface area (Å²) in [5.74, 6) is 0.649. The first-order chi connectivity index (χ1) is 10.7. The van der Waals surface area contributed by atoms with Crippen LogP contribution in [0.25, 0.3) is 0 Å². The highest BCUT2D eigenvalue weighted by Crippen LogP contribution is 2.17. The van der Waals surface area contributed by atoms with Gasteiger partial charge < -0.3 is 15.4 Å². The second-order valence-corrected chi connectivity index (χ2v) is 5.50. The number of hydrogen-bond acceptors (Lipinski definition) is 5. The van der Waals surface area contributed by atoms with Gasteiger partial charge in [0.2, 0.25) is 0 Å². The van der Waals surface area contributed by atoms with Crippen LogP contribution >= 0.6 is 22.9 Å². The number of rotatable bonds is 7. The second kappa shape index (κ2) is 8.77. The molecule has 118 valence electrons. The maximum Gasteiger partial charge on any atom is 0.328 e. The van der Waals surface area contributed by atoms with Gasteiger partial charge in [-0.25, -0.2) is 8.00 Å². The molecule has 0 saturated heterocycles. The molecule has 0 radical (unpaired) electrons. The molecule has 0 amide bonds. The van der Waals surface area contributed by atoms with Crippen LogP contribution in [0.2, 0.25) is 0 Å². The van der Waals surface area contributed by atoms with Crippen LogP contribution in [-0.4, -0.2) is 31.4 Å². The molecule has 1 aliphatic heterocycles. The number of halogens is 1. The van der Waals surface area contributed by atoms with Crippen molar-refractivity contribution in [3.05, 3.63) is 47.3 Å². The van der Waals surface area contributed by atoms with Crippen molar-refractivity contribution in [3.8, 4) is 0 Å². The Labute approximate surface area is 144 Å². The standard InChI is InChI=1S/C16H20IN3O2/c1-2-22-16(21)14-10-13(11-19-17)15(20-14)18-9-8-12-6-4-3-5-7-12/h3-7,11,14,18,20H,2,8-10H2,1H3/b19-11-. The summed E-state index contributed by atoms with van der Waals surface area (Å²) in [6.45, 7) is 3.00. The molecule has 1 aromatic rings. The van der Waals surface area contributed by atoms with E-state index in [2.05, 4.69) is 26.0 Å². The summed E-state index contributed by atoms with van der Waals surface area (Å²) in [6.07, 6.45) is 3.29. The third-order valence-corrected chi connectivity index (χ3v) is 3.68. The lowest BCUT2D eigenvalue weighted by Crippen LogP contribution is -2.37. The number of benzene rings is 1. The summed E-state index contributed by atoms with van der Waals surface area (Å²) in [4.78, 5) is 11.9. The van der Waals surface area contributed by atoms with Crippen molar-refractivity contribution in [2.45, 2.75) is 25.8 Å². The average molecular weight is 413 g/mol. The van der Waals surface area contributed by atoms with Crippen LogP contribution in [0.3, 0.4) is 0 Å². The van der Waals surface area contributed by atoms with Crippen LogP contribution in [0, 0.1) is 0 Å². The molecule has 1 aromatic carbocycles. The highest BCUT2D eigenvalue weighted by Gasteiger charge is 2.29. The fourth-order valence-corrected chi connectivity index (χ4v) is 2.68. The number of esters is 1. The Balaban J connectivity index is 1.91. The highest BCUT2D eigenvalue weighted by atomic mass is 127. The van der Waals surface area contributed by atoms with E-state index in [1.54, 1.807) is 6.21 Å². The summed E-state index contributed by atoms with van der Waals surface area (Å²) < 4.78 is 9.10. The van der Waals surface area contributed by atoms with Gasteiger partial charge in [-0.3, -0.25) is 0 Å². The van der Waals surface area contributed by atoms with Crippen LogP contribution in [-0.2, 0) is 16.0 Å². The predicted molar refractivity (Wildman–Crippen MR) is 95.9 cm³/mol. The molecule has 0 spiro atoms. The summed E-state index contributed by atoms with van der Waals surface area (Å²) in [5.41, 5.74) is 2.28. The third kappa shape index (κ3) is 4.72. The first kappa shape index (κ1) is 16.8. The van der Waals surface area contributed by atoms with Crippen molar-refractivity contribution in [1.82, 2.24) is 10.6 Å². The Morgan fingerprint density at radius 1 is 1.50 bits per heavy atom. The first-order valence-corrected chi connectivity index (χ1v) is 8.29. The van der Waals surface area contributed by atoms with Gasteiger partial charge in [0.05, 0.1) is 29.5 Å². The maximum atomic E-state index is 11.9. The van der Waals surface area contributed by atoms with Crippen LogP contribution in [0.5, 0.6) is 0 Å². The normalized spacial score (nSPS) is 17.6. The van der Waals surface area contributed by atoms with Crippen molar-refractivity contribution in [1.29, 1.82) is 0 Å². The van der Waals surface area contributed by atoms with E-state index in [9.17, 15) is 4.79 Å². The van der Waals surface area contributed by atoms with Gasteiger partial charge in [-0.2, -0.15) is 0 Å². The van der Waals surface area contributed by atoms with E-state index >= 15 is 0 Å². The Morgan fingerprint density at radius 2 is 2.27 bits per heavy atom. The predicted octanol–water partition coefficient (Wildman–Crippen LogP) is 2.38. The lowest BCUT2D eigenvalue weighted by atomic mass is 10.1. The molecular weight excluding hydrogens is 393 g/mol. The van der Waals surface area contributed by atoms with Crippen LogP contribution < -0.4 is 10.6 Å². The molecule has 5 nitrogen and oxygen atoms in total. The Hall–Kier alpha value is -1.57. The van der Waals surface area contributed by atoms with Crippen molar-refractivity contribution in [3.63, 3.8) is 0 Å². The van der Waals surface area contributed by atoms with Gasteiger partial charge in [-0.1, -0.05) is 30.3 Å². The summed E-state index contributed by atoms with van der Waals surface area (Å²) in [6, 6.07) is 9.96. The van der Waals surface area contributed by atoms with E-state index < -0.39 is 0 Å². The molecule has 1 aliphatic rings. The van der Waals surface area contributed by atoms with E-state index in [0.717, 1.165) is 24.4 Å². The molecule has 0 aliphatic carbocycles. The molecule has 2 rings (SSSR count). The lowest BCUT2D eigenvalue weighted by molar-refractivity contribution is -0.145. The topological polar surface area (TPSA) is 62.7 Å². The third-order valence-electron chi connectivity index (χ3n) is 3.40. The molecule has 0 fully saturated rings. The van der Waals surface area contributed by atoms with Gasteiger partial charge in [-0.05, 0) is 18.9 Å². The van der Waals surface area contributed by atoms with Crippen molar-refractivity contribution in [2.75, 3.05) is 13.2 Å². The number of carbonyl (C=O) groups excluding carboxylic acids is 1. The molecule has 1 unspecified atom stereocenters. The number of nitrogens with one attached hydrogen (secondary N) is 2. The van der Waals surface area contributed by atoms with E-state index in [4.69, 9.17) is 4.74 Å². The van der Waals surface area contributed by atoms with Gasteiger partial charge in [0.25, 0.3) is 0 Å². The van der Waals surface area contributed by atoms with E-state index in [-0.39, 0.29) is 12.0 Å². The molecule has 22 heavy (non-hydrogen) atoms. The number of nitrogens with zero attached hydrogens (tertiary/aromatic N) is 1. The fourth-order valence-electron chi connectivity index (χ4n) is 2.34. The Kier molecular flexibility index (Phi) is 6.70. The Morgan fingerprint density at radius 3 is 2.95 bits per heavy atom. The quantitative estimate of drug-likeness (QED) is 0.410. The van der Waals surface area contributed by atoms with Crippen molar-refractivity contribution in [2.24, 2.45) is 3.21 Å². The minimum atomic E-state index is -0.330. The largest absolute Gasteiger partial charge is 0.464 e. The molecule has 2 N–H and O–H groups in total. The first-order valence-electron chi connectivity index (χ1n) is 7.33. The number of ether oxygens (including phenoxy) is 1. The summed E-state index contributed by atoms with van der Waals surface area (Å²) >= 11 is 1.94. The van der Waals surface area contributed by atoms with Crippen LogP contribution in [0.4, 0.5) is 0 Å². The van der Waals surface area contributed by atoms with Crippen LogP contribution in [0.15, 0.2) is 44.9 Å². The van der Waals surface area contributed by atoms with E-state index in [1.165, 1.54) is 5.56 Å². The monoisotopic (exact) mass is 413 g/mol. The highest BCUT2D eigenvalue weighted by molar-refractivity contribution is 14.1. The summed E-state index contributed by atoms with van der Waals surface area (Å²) in [5, 5.41) is 6.55. The van der Waals surface area contributed by atoms with Crippen LogP contribution in [0.1, 0.15) is 18.9 Å². The molecular formula is C16H20IN3O2. The minimum Gasteiger partial charge on any atom is -0.464 e. The zero-order chi connectivity index (χ0) is 15.8. The second-order valence-electron chi connectivity index (χ2n) is 4.94. The van der Waals surface area contributed by atoms with Crippen molar-refractivity contribution < 1.29 is 9.53 Å². The molecule has 1 heterocycles. The van der Waals surface area contributed by atoms with E-state index in [1.807, 2.05) is 48.0 Å².